The summed E-state index contributed by atoms with van der Waals surface area (Å²) in [6, 6.07) is 6.43. The topological polar surface area (TPSA) is 71.0 Å². The number of hydrogen-bond donors (Lipinski definition) is 1. The Morgan fingerprint density at radius 2 is 2.14 bits per heavy atom. The van der Waals surface area contributed by atoms with E-state index >= 15 is 0 Å². The van der Waals surface area contributed by atoms with Crippen LogP contribution in [0.3, 0.4) is 0 Å². The molecule has 2 heterocycles. The Labute approximate surface area is 124 Å². The minimum atomic E-state index is -2.65. The van der Waals surface area contributed by atoms with Crippen LogP contribution in [0, 0.1) is 5.82 Å². The summed E-state index contributed by atoms with van der Waals surface area (Å²) in [5, 5.41) is 0. The van der Waals surface area contributed by atoms with Gasteiger partial charge in [0.2, 0.25) is 5.96 Å². The average molecular weight is 310 g/mol. The summed E-state index contributed by atoms with van der Waals surface area (Å²) in [6.45, 7) is 2.91. The van der Waals surface area contributed by atoms with Gasteiger partial charge in [0.1, 0.15) is 21.3 Å². The van der Waals surface area contributed by atoms with Crippen molar-refractivity contribution in [3.05, 3.63) is 35.6 Å². The van der Waals surface area contributed by atoms with Crippen LogP contribution in [0.5, 0.6) is 0 Å². The molecule has 0 fully saturated rings. The van der Waals surface area contributed by atoms with E-state index in [2.05, 4.69) is 9.36 Å². The molecule has 2 atom stereocenters. The van der Waals surface area contributed by atoms with Crippen molar-refractivity contribution in [3.63, 3.8) is 0 Å². The van der Waals surface area contributed by atoms with Crippen LogP contribution in [0.25, 0.3) is 0 Å². The van der Waals surface area contributed by atoms with E-state index < -0.39 is 15.5 Å². The molecule has 5 nitrogen and oxygen atoms in total. The van der Waals surface area contributed by atoms with Crippen LogP contribution in [0.1, 0.15) is 25.3 Å². The smallest absolute Gasteiger partial charge is 0.204 e. The fourth-order valence-corrected chi connectivity index (χ4v) is 5.41. The number of guanidine groups is 1. The molecule has 114 valence electrons. The maximum Gasteiger partial charge on any atom is 0.204 e. The third kappa shape index (κ3) is 2.39. The summed E-state index contributed by atoms with van der Waals surface area (Å²) < 4.78 is 33.3. The van der Waals surface area contributed by atoms with Gasteiger partial charge in [-0.05, 0) is 25.8 Å². The number of hydrogen-bond acceptors (Lipinski definition) is 4. The third-order valence-corrected chi connectivity index (χ3v) is 6.53. The van der Waals surface area contributed by atoms with Crippen molar-refractivity contribution >= 4 is 15.9 Å². The quantitative estimate of drug-likeness (QED) is 0.860. The van der Waals surface area contributed by atoms with Gasteiger partial charge in [-0.1, -0.05) is 18.2 Å². The summed E-state index contributed by atoms with van der Waals surface area (Å²) in [5.74, 6) is 0.00558. The van der Waals surface area contributed by atoms with Gasteiger partial charge in [-0.25, -0.2) is 18.0 Å². The Hall–Kier alpha value is -1.63. The molecule has 0 saturated heterocycles. The molecule has 21 heavy (non-hydrogen) atoms. The Kier molecular flexibility index (Phi) is 3.39. The van der Waals surface area contributed by atoms with Gasteiger partial charge < -0.3 is 5.73 Å². The lowest BCUT2D eigenvalue weighted by Crippen LogP contribution is -2.52. The average Bonchev–Trinajstić information content (AvgIpc) is 2.60. The number of aliphatic imine (C=N–C) groups is 1. The van der Waals surface area contributed by atoms with E-state index in [9.17, 15) is 8.60 Å². The highest BCUT2D eigenvalue weighted by atomic mass is 32.2. The van der Waals surface area contributed by atoms with Crippen LogP contribution in [0.2, 0.25) is 0 Å². The van der Waals surface area contributed by atoms with Gasteiger partial charge in [-0.3, -0.25) is 4.31 Å². The third-order valence-electron chi connectivity index (χ3n) is 3.95. The van der Waals surface area contributed by atoms with Crippen LogP contribution in [-0.4, -0.2) is 33.3 Å². The van der Waals surface area contributed by atoms with Crippen molar-refractivity contribution in [1.82, 2.24) is 4.31 Å². The highest BCUT2D eigenvalue weighted by Crippen LogP contribution is 2.35. The van der Waals surface area contributed by atoms with Gasteiger partial charge >= 0.3 is 0 Å². The van der Waals surface area contributed by atoms with Crippen molar-refractivity contribution in [2.24, 2.45) is 15.1 Å². The van der Waals surface area contributed by atoms with Gasteiger partial charge in [0.05, 0.1) is 12.3 Å². The zero-order valence-electron chi connectivity index (χ0n) is 12.0. The van der Waals surface area contributed by atoms with E-state index in [0.717, 1.165) is 12.8 Å². The molecule has 0 amide bonds. The normalized spacial score (nSPS) is 32.7. The highest BCUT2D eigenvalue weighted by molar-refractivity contribution is 7.92. The van der Waals surface area contributed by atoms with Crippen molar-refractivity contribution in [2.45, 2.75) is 25.3 Å². The summed E-state index contributed by atoms with van der Waals surface area (Å²) in [5.41, 5.74) is 5.49. The zero-order valence-corrected chi connectivity index (χ0v) is 12.8. The fourth-order valence-electron chi connectivity index (χ4n) is 2.91. The number of nitrogens with two attached hydrogens (primary N) is 1. The minimum Gasteiger partial charge on any atom is -0.369 e. The van der Waals surface area contributed by atoms with Crippen molar-refractivity contribution in [2.75, 3.05) is 18.8 Å². The Morgan fingerprint density at radius 1 is 1.38 bits per heavy atom. The SMILES string of the molecule is C[C@@]1(c2ccccc2F)C[S@]2(=O)=NCCCCN2C(N)=N1. The van der Waals surface area contributed by atoms with Crippen LogP contribution in [0.4, 0.5) is 4.39 Å². The van der Waals surface area contributed by atoms with Crippen LogP contribution in [-0.2, 0) is 15.5 Å². The molecule has 0 aliphatic carbocycles. The van der Waals surface area contributed by atoms with E-state index in [1.165, 1.54) is 6.07 Å². The van der Waals surface area contributed by atoms with E-state index in [1.807, 2.05) is 0 Å². The summed E-state index contributed by atoms with van der Waals surface area (Å²) in [4.78, 5) is 4.46. The first-order chi connectivity index (χ1) is 9.95. The molecule has 0 radical (unpaired) electrons. The molecule has 0 spiro atoms. The lowest BCUT2D eigenvalue weighted by Gasteiger charge is -2.38. The first-order valence-electron chi connectivity index (χ1n) is 7.03. The van der Waals surface area contributed by atoms with E-state index in [1.54, 1.807) is 29.4 Å². The number of halogens is 1. The minimum absolute atomic E-state index is 0.168. The number of fused-ring (bicyclic) bond motifs is 1. The second-order valence-corrected chi connectivity index (χ2v) is 7.84. The van der Waals surface area contributed by atoms with Gasteiger partial charge in [0.15, 0.2) is 0 Å². The molecule has 1 aromatic rings. The number of nitrogens with zero attached hydrogens (tertiary/aromatic N) is 3. The van der Waals surface area contributed by atoms with Crippen molar-refractivity contribution in [3.8, 4) is 0 Å². The van der Waals surface area contributed by atoms with E-state index in [0.29, 0.717) is 18.7 Å². The first kappa shape index (κ1) is 14.3. The predicted molar refractivity (Wildman–Crippen MR) is 81.6 cm³/mol. The first-order valence-corrected chi connectivity index (χ1v) is 8.67. The molecular formula is C14H19FN4OS. The molecule has 0 bridgehead atoms. The lowest BCUT2D eigenvalue weighted by atomic mass is 9.94. The van der Waals surface area contributed by atoms with Gasteiger partial charge in [-0.15, -0.1) is 0 Å². The number of rotatable bonds is 1. The van der Waals surface area contributed by atoms with Crippen LogP contribution < -0.4 is 5.73 Å². The second kappa shape index (κ2) is 4.98. The zero-order chi connectivity index (χ0) is 15.1. The van der Waals surface area contributed by atoms with Crippen LogP contribution in [0.15, 0.2) is 33.6 Å². The highest BCUT2D eigenvalue weighted by Gasteiger charge is 2.41. The summed E-state index contributed by atoms with van der Waals surface area (Å²) in [6.07, 6.45) is 1.77. The van der Waals surface area contributed by atoms with Gasteiger partial charge in [0.25, 0.3) is 0 Å². The maximum atomic E-state index is 14.1. The monoisotopic (exact) mass is 310 g/mol. The molecule has 2 aliphatic heterocycles. The van der Waals surface area contributed by atoms with Crippen molar-refractivity contribution < 1.29 is 8.60 Å². The molecule has 2 aliphatic rings. The second-order valence-electron chi connectivity index (χ2n) is 5.64. The molecular weight excluding hydrogens is 291 g/mol. The molecule has 2 N–H and O–H groups in total. The molecule has 0 saturated carbocycles. The lowest BCUT2D eigenvalue weighted by molar-refractivity contribution is 0.464. The molecule has 7 heteroatoms. The number of benzene rings is 1. The van der Waals surface area contributed by atoms with Gasteiger partial charge in [0, 0.05) is 12.1 Å². The summed E-state index contributed by atoms with van der Waals surface area (Å²) in [7, 11) is -2.65. The Balaban J connectivity index is 2.14. The molecule has 0 unspecified atom stereocenters. The predicted octanol–water partition coefficient (Wildman–Crippen LogP) is 1.85. The standard InChI is InChI=1S/C14H19FN4OS/c1-14(11-6-2-3-7-12(11)15)10-21(20)17-8-4-5-9-19(21)13(16)18-14/h2-3,6-7H,4-5,8-10H2,1H3,(H2,16,18)/t14-,21-/m0/s1. The molecule has 0 aromatic heterocycles. The maximum absolute atomic E-state index is 14.1. The Bertz CT molecular complexity index is 711. The van der Waals surface area contributed by atoms with E-state index in [4.69, 9.17) is 5.73 Å². The Morgan fingerprint density at radius 3 is 2.90 bits per heavy atom. The van der Waals surface area contributed by atoms with Crippen molar-refractivity contribution in [1.29, 1.82) is 0 Å². The largest absolute Gasteiger partial charge is 0.369 e. The molecule has 1 aromatic carbocycles. The van der Waals surface area contributed by atoms with E-state index in [-0.39, 0.29) is 17.5 Å². The fraction of sp³-hybridized carbons (Fsp3) is 0.500. The van der Waals surface area contributed by atoms with Crippen LogP contribution >= 0.6 is 0 Å². The molecule has 3 rings (SSSR count). The van der Waals surface area contributed by atoms with Gasteiger partial charge in [-0.2, -0.15) is 0 Å². The summed E-state index contributed by atoms with van der Waals surface area (Å²) >= 11 is 0.